The molecule has 3 aromatic rings. The number of aromatic nitrogens is 1. The highest BCUT2D eigenvalue weighted by atomic mass is 32.2. The minimum Gasteiger partial charge on any atom is -0.497 e. The van der Waals surface area contributed by atoms with Crippen molar-refractivity contribution >= 4 is 22.5 Å². The van der Waals surface area contributed by atoms with Crippen LogP contribution >= 0.6 is 11.8 Å². The van der Waals surface area contributed by atoms with E-state index in [4.69, 9.17) is 10.5 Å². The SMILES string of the molecule is COc1ccc(-c2cc(SCCN)c3ccncc3c2)cc1. The fraction of sp³-hybridized carbons (Fsp3) is 0.167. The number of fused-ring (bicyclic) bond motifs is 1. The van der Waals surface area contributed by atoms with Gasteiger partial charge in [-0.1, -0.05) is 12.1 Å². The number of pyridine rings is 1. The molecule has 3 rings (SSSR count). The number of ether oxygens (including phenoxy) is 1. The average molecular weight is 310 g/mol. The number of hydrogen-bond acceptors (Lipinski definition) is 4. The number of hydrogen-bond donors (Lipinski definition) is 1. The second-order valence-corrected chi connectivity index (χ2v) is 6.07. The lowest BCUT2D eigenvalue weighted by atomic mass is 10.0. The number of nitrogens with two attached hydrogens (primary N) is 1. The van der Waals surface area contributed by atoms with Crippen LogP contribution in [-0.2, 0) is 0 Å². The van der Waals surface area contributed by atoms with Gasteiger partial charge in [0, 0.05) is 35.0 Å². The van der Waals surface area contributed by atoms with E-state index in [-0.39, 0.29) is 0 Å². The molecule has 0 amide bonds. The van der Waals surface area contributed by atoms with Crippen molar-refractivity contribution in [2.75, 3.05) is 19.4 Å². The van der Waals surface area contributed by atoms with Crippen LogP contribution in [0.2, 0.25) is 0 Å². The van der Waals surface area contributed by atoms with Crippen molar-refractivity contribution in [3.63, 3.8) is 0 Å². The van der Waals surface area contributed by atoms with Gasteiger partial charge in [0.25, 0.3) is 0 Å². The molecule has 0 aliphatic carbocycles. The fourth-order valence-electron chi connectivity index (χ4n) is 2.41. The van der Waals surface area contributed by atoms with Crippen LogP contribution in [0.25, 0.3) is 21.9 Å². The molecule has 22 heavy (non-hydrogen) atoms. The molecule has 0 unspecified atom stereocenters. The van der Waals surface area contributed by atoms with Crippen molar-refractivity contribution in [1.29, 1.82) is 0 Å². The Morgan fingerprint density at radius 1 is 1.09 bits per heavy atom. The topological polar surface area (TPSA) is 48.1 Å². The molecule has 0 aliphatic heterocycles. The van der Waals surface area contributed by atoms with E-state index in [9.17, 15) is 0 Å². The Hall–Kier alpha value is -2.04. The zero-order valence-electron chi connectivity index (χ0n) is 12.5. The van der Waals surface area contributed by atoms with Crippen molar-refractivity contribution in [1.82, 2.24) is 4.98 Å². The van der Waals surface area contributed by atoms with Crippen molar-refractivity contribution in [3.05, 3.63) is 54.9 Å². The van der Waals surface area contributed by atoms with E-state index in [1.165, 1.54) is 21.4 Å². The van der Waals surface area contributed by atoms with E-state index in [0.29, 0.717) is 6.54 Å². The lowest BCUT2D eigenvalue weighted by molar-refractivity contribution is 0.415. The highest BCUT2D eigenvalue weighted by Crippen LogP contribution is 2.33. The lowest BCUT2D eigenvalue weighted by Gasteiger charge is -2.10. The number of benzene rings is 2. The van der Waals surface area contributed by atoms with Gasteiger partial charge in [-0.25, -0.2) is 0 Å². The molecule has 0 bridgehead atoms. The Kier molecular flexibility index (Phi) is 4.61. The third kappa shape index (κ3) is 3.08. The Balaban J connectivity index is 2.08. The number of rotatable bonds is 5. The highest BCUT2D eigenvalue weighted by Gasteiger charge is 2.07. The third-order valence-electron chi connectivity index (χ3n) is 3.51. The summed E-state index contributed by atoms with van der Waals surface area (Å²) < 4.78 is 5.22. The van der Waals surface area contributed by atoms with Crippen molar-refractivity contribution < 1.29 is 4.74 Å². The molecule has 0 saturated carbocycles. The number of nitrogens with zero attached hydrogens (tertiary/aromatic N) is 1. The summed E-state index contributed by atoms with van der Waals surface area (Å²) in [4.78, 5) is 5.49. The summed E-state index contributed by atoms with van der Waals surface area (Å²) in [6.07, 6.45) is 3.75. The maximum absolute atomic E-state index is 5.65. The molecule has 0 radical (unpaired) electrons. The van der Waals surface area contributed by atoms with E-state index in [0.717, 1.165) is 16.9 Å². The molecule has 0 fully saturated rings. The zero-order valence-corrected chi connectivity index (χ0v) is 13.3. The molecule has 0 atom stereocenters. The largest absolute Gasteiger partial charge is 0.497 e. The minimum absolute atomic E-state index is 0.671. The van der Waals surface area contributed by atoms with Gasteiger partial charge in [0.15, 0.2) is 0 Å². The van der Waals surface area contributed by atoms with Crippen LogP contribution in [0.4, 0.5) is 0 Å². The Labute approximate surface area is 134 Å². The zero-order chi connectivity index (χ0) is 15.4. The van der Waals surface area contributed by atoms with Gasteiger partial charge < -0.3 is 10.5 Å². The monoisotopic (exact) mass is 310 g/mol. The molecule has 1 heterocycles. The smallest absolute Gasteiger partial charge is 0.118 e. The summed E-state index contributed by atoms with van der Waals surface area (Å²) in [5, 5.41) is 2.38. The van der Waals surface area contributed by atoms with Crippen LogP contribution in [0.3, 0.4) is 0 Å². The molecule has 4 heteroatoms. The molecular formula is C18H18N2OS. The average Bonchev–Trinajstić information content (AvgIpc) is 2.59. The Bertz CT molecular complexity index is 772. The fourth-order valence-corrected chi connectivity index (χ4v) is 3.30. The van der Waals surface area contributed by atoms with Crippen LogP contribution in [-0.4, -0.2) is 24.4 Å². The first kappa shape index (κ1) is 14.9. The molecule has 1 aromatic heterocycles. The van der Waals surface area contributed by atoms with Gasteiger partial charge >= 0.3 is 0 Å². The predicted molar refractivity (Wildman–Crippen MR) is 93.5 cm³/mol. The van der Waals surface area contributed by atoms with Gasteiger partial charge in [-0.3, -0.25) is 4.98 Å². The predicted octanol–water partition coefficient (Wildman–Crippen LogP) is 3.96. The number of methoxy groups -OCH3 is 1. The molecular weight excluding hydrogens is 292 g/mol. The summed E-state index contributed by atoms with van der Waals surface area (Å²) in [7, 11) is 1.68. The lowest BCUT2D eigenvalue weighted by Crippen LogP contribution is -2.01. The van der Waals surface area contributed by atoms with Crippen LogP contribution in [0.15, 0.2) is 59.8 Å². The normalized spacial score (nSPS) is 10.8. The Morgan fingerprint density at radius 2 is 1.91 bits per heavy atom. The van der Waals surface area contributed by atoms with Gasteiger partial charge in [-0.2, -0.15) is 0 Å². The summed E-state index contributed by atoms with van der Waals surface area (Å²) in [5.74, 6) is 1.77. The standard InChI is InChI=1S/C18H18N2OS/c1-21-16-4-2-13(3-5-16)14-10-15-12-20-8-6-17(15)18(11-14)22-9-7-19/h2-6,8,10-12H,7,9,19H2,1H3. The van der Waals surface area contributed by atoms with Crippen LogP contribution in [0, 0.1) is 0 Å². The van der Waals surface area contributed by atoms with Gasteiger partial charge in [0.05, 0.1) is 7.11 Å². The molecule has 0 aliphatic rings. The summed E-state index contributed by atoms with van der Waals surface area (Å²) in [6, 6.07) is 14.6. The van der Waals surface area contributed by atoms with E-state index in [2.05, 4.69) is 35.3 Å². The van der Waals surface area contributed by atoms with E-state index < -0.39 is 0 Å². The van der Waals surface area contributed by atoms with Crippen LogP contribution < -0.4 is 10.5 Å². The first-order valence-corrected chi connectivity index (χ1v) is 8.15. The minimum atomic E-state index is 0.671. The summed E-state index contributed by atoms with van der Waals surface area (Å²) >= 11 is 1.79. The first-order chi connectivity index (χ1) is 10.8. The molecule has 0 spiro atoms. The molecule has 2 aromatic carbocycles. The maximum atomic E-state index is 5.65. The molecule has 112 valence electrons. The van der Waals surface area contributed by atoms with Crippen LogP contribution in [0.5, 0.6) is 5.75 Å². The molecule has 3 nitrogen and oxygen atoms in total. The highest BCUT2D eigenvalue weighted by molar-refractivity contribution is 7.99. The van der Waals surface area contributed by atoms with Gasteiger partial charge in [-0.15, -0.1) is 11.8 Å². The summed E-state index contributed by atoms with van der Waals surface area (Å²) in [5.41, 5.74) is 8.01. The quantitative estimate of drug-likeness (QED) is 0.725. The molecule has 0 saturated heterocycles. The maximum Gasteiger partial charge on any atom is 0.118 e. The Morgan fingerprint density at radius 3 is 2.64 bits per heavy atom. The van der Waals surface area contributed by atoms with Crippen molar-refractivity contribution in [2.24, 2.45) is 5.73 Å². The van der Waals surface area contributed by atoms with Crippen LogP contribution in [0.1, 0.15) is 0 Å². The second kappa shape index (κ2) is 6.81. The summed E-state index contributed by atoms with van der Waals surface area (Å²) in [6.45, 7) is 0.671. The third-order valence-corrected chi connectivity index (χ3v) is 4.60. The van der Waals surface area contributed by atoms with E-state index in [1.54, 1.807) is 18.9 Å². The van der Waals surface area contributed by atoms with E-state index in [1.807, 2.05) is 24.5 Å². The van der Waals surface area contributed by atoms with Crippen molar-refractivity contribution in [2.45, 2.75) is 4.90 Å². The van der Waals surface area contributed by atoms with Gasteiger partial charge in [0.2, 0.25) is 0 Å². The molecule has 2 N–H and O–H groups in total. The van der Waals surface area contributed by atoms with E-state index >= 15 is 0 Å². The van der Waals surface area contributed by atoms with Gasteiger partial charge in [-0.05, 0) is 46.8 Å². The first-order valence-electron chi connectivity index (χ1n) is 7.17. The van der Waals surface area contributed by atoms with Crippen molar-refractivity contribution in [3.8, 4) is 16.9 Å². The number of thioether (sulfide) groups is 1. The second-order valence-electron chi connectivity index (χ2n) is 4.94. The van der Waals surface area contributed by atoms with Gasteiger partial charge in [0.1, 0.15) is 5.75 Å².